The van der Waals surface area contributed by atoms with E-state index in [2.05, 4.69) is 6.92 Å². The first-order valence-corrected chi connectivity index (χ1v) is 5.71. The Bertz CT molecular complexity index is 336. The van der Waals surface area contributed by atoms with Crippen molar-refractivity contribution >= 4 is 5.69 Å². The highest BCUT2D eigenvalue weighted by Gasteiger charge is 2.20. The molecular formula is C13H21FN2. The van der Waals surface area contributed by atoms with Gasteiger partial charge in [-0.2, -0.15) is 0 Å². The molecule has 1 aromatic carbocycles. The molecular weight excluding hydrogens is 203 g/mol. The van der Waals surface area contributed by atoms with E-state index in [9.17, 15) is 4.39 Å². The van der Waals surface area contributed by atoms with Crippen molar-refractivity contribution in [1.29, 1.82) is 0 Å². The zero-order chi connectivity index (χ0) is 12.2. The molecule has 16 heavy (non-hydrogen) atoms. The van der Waals surface area contributed by atoms with Gasteiger partial charge in [-0.15, -0.1) is 0 Å². The number of likely N-dealkylation sites (N-methyl/N-ethyl adjacent to an activating group) is 1. The number of rotatable bonds is 5. The summed E-state index contributed by atoms with van der Waals surface area (Å²) in [6.45, 7) is 4.77. The molecule has 0 saturated carbocycles. The van der Waals surface area contributed by atoms with Crippen LogP contribution < -0.4 is 10.6 Å². The van der Waals surface area contributed by atoms with Crippen molar-refractivity contribution in [1.82, 2.24) is 0 Å². The van der Waals surface area contributed by atoms with E-state index in [1.165, 1.54) is 6.07 Å². The van der Waals surface area contributed by atoms with Crippen molar-refractivity contribution in [2.24, 2.45) is 5.73 Å². The topological polar surface area (TPSA) is 29.3 Å². The summed E-state index contributed by atoms with van der Waals surface area (Å²) in [4.78, 5) is 1.88. The first-order valence-electron chi connectivity index (χ1n) is 5.71. The molecule has 0 amide bonds. The Labute approximate surface area is 97.3 Å². The third kappa shape index (κ3) is 3.49. The molecule has 0 bridgehead atoms. The molecule has 0 heterocycles. The van der Waals surface area contributed by atoms with E-state index in [1.54, 1.807) is 12.1 Å². The molecule has 1 rings (SSSR count). The quantitative estimate of drug-likeness (QED) is 0.833. The largest absolute Gasteiger partial charge is 0.370 e. The summed E-state index contributed by atoms with van der Waals surface area (Å²) >= 11 is 0. The van der Waals surface area contributed by atoms with Gasteiger partial charge in [0.1, 0.15) is 5.82 Å². The molecule has 0 radical (unpaired) electrons. The van der Waals surface area contributed by atoms with E-state index in [4.69, 9.17) is 5.73 Å². The maximum atomic E-state index is 13.5. The van der Waals surface area contributed by atoms with Gasteiger partial charge in [-0.05, 0) is 25.5 Å². The van der Waals surface area contributed by atoms with Gasteiger partial charge in [0.05, 0.1) is 5.69 Å². The summed E-state index contributed by atoms with van der Waals surface area (Å²) in [6, 6.07) is 6.78. The summed E-state index contributed by atoms with van der Waals surface area (Å²) in [5.41, 5.74) is 6.49. The zero-order valence-corrected chi connectivity index (χ0v) is 10.3. The molecule has 0 saturated heterocycles. The number of para-hydroxylation sites is 1. The predicted molar refractivity (Wildman–Crippen MR) is 67.2 cm³/mol. The minimum atomic E-state index is -0.272. The second-order valence-corrected chi connectivity index (χ2v) is 4.71. The van der Waals surface area contributed by atoms with E-state index in [1.807, 2.05) is 24.9 Å². The Balaban J connectivity index is 2.72. The Hall–Kier alpha value is -1.09. The number of hydrogen-bond donors (Lipinski definition) is 1. The number of benzene rings is 1. The number of hydrogen-bond acceptors (Lipinski definition) is 2. The highest BCUT2D eigenvalue weighted by atomic mass is 19.1. The van der Waals surface area contributed by atoms with E-state index >= 15 is 0 Å². The second-order valence-electron chi connectivity index (χ2n) is 4.71. The highest BCUT2D eigenvalue weighted by Crippen LogP contribution is 2.20. The van der Waals surface area contributed by atoms with E-state index < -0.39 is 0 Å². The van der Waals surface area contributed by atoms with Gasteiger partial charge < -0.3 is 10.6 Å². The average Bonchev–Trinajstić information content (AvgIpc) is 2.17. The zero-order valence-electron chi connectivity index (χ0n) is 10.3. The number of nitrogens with two attached hydrogens (primary N) is 1. The molecule has 1 aromatic rings. The predicted octanol–water partition coefficient (Wildman–Crippen LogP) is 2.78. The van der Waals surface area contributed by atoms with Crippen LogP contribution in [0.3, 0.4) is 0 Å². The Morgan fingerprint density at radius 2 is 2.00 bits per heavy atom. The van der Waals surface area contributed by atoms with Gasteiger partial charge >= 0.3 is 0 Å². The fourth-order valence-corrected chi connectivity index (χ4v) is 2.04. The standard InChI is InChI=1S/C13H21FN2/c1-4-9-13(2,15)10-16(3)12-8-6-5-7-11(12)14/h5-8H,4,9-10,15H2,1-3H3. The van der Waals surface area contributed by atoms with Gasteiger partial charge in [-0.25, -0.2) is 4.39 Å². The lowest BCUT2D eigenvalue weighted by Gasteiger charge is -2.31. The molecule has 0 aromatic heterocycles. The van der Waals surface area contributed by atoms with Crippen LogP contribution in [0.2, 0.25) is 0 Å². The average molecular weight is 224 g/mol. The van der Waals surface area contributed by atoms with Gasteiger partial charge in [0.2, 0.25) is 0 Å². The van der Waals surface area contributed by atoms with Crippen LogP contribution in [-0.4, -0.2) is 19.1 Å². The van der Waals surface area contributed by atoms with Gasteiger partial charge in [0.15, 0.2) is 0 Å². The van der Waals surface area contributed by atoms with Crippen LogP contribution in [0, 0.1) is 5.82 Å². The molecule has 2 N–H and O–H groups in total. The Kier molecular flexibility index (Phi) is 4.30. The summed E-state index contributed by atoms with van der Waals surface area (Å²) in [6.07, 6.45) is 1.98. The maximum absolute atomic E-state index is 13.5. The molecule has 0 aliphatic carbocycles. The molecule has 90 valence electrons. The lowest BCUT2D eigenvalue weighted by Crippen LogP contribution is -2.46. The van der Waals surface area contributed by atoms with Crippen molar-refractivity contribution in [2.45, 2.75) is 32.2 Å². The number of halogens is 1. The number of nitrogens with zero attached hydrogens (tertiary/aromatic N) is 1. The van der Waals surface area contributed by atoms with Gasteiger partial charge in [-0.1, -0.05) is 25.5 Å². The monoisotopic (exact) mass is 224 g/mol. The smallest absolute Gasteiger partial charge is 0.146 e. The van der Waals surface area contributed by atoms with Crippen LogP contribution in [0.4, 0.5) is 10.1 Å². The first kappa shape index (κ1) is 13.0. The highest BCUT2D eigenvalue weighted by molar-refractivity contribution is 5.47. The van der Waals surface area contributed by atoms with Crippen LogP contribution in [0.25, 0.3) is 0 Å². The van der Waals surface area contributed by atoms with Crippen LogP contribution >= 0.6 is 0 Å². The lowest BCUT2D eigenvalue weighted by molar-refractivity contribution is 0.428. The van der Waals surface area contributed by atoms with Crippen molar-refractivity contribution in [3.8, 4) is 0 Å². The molecule has 0 aliphatic rings. The molecule has 1 unspecified atom stereocenters. The molecule has 1 atom stereocenters. The van der Waals surface area contributed by atoms with E-state index in [0.29, 0.717) is 12.2 Å². The van der Waals surface area contributed by atoms with Gasteiger partial charge in [0.25, 0.3) is 0 Å². The minimum Gasteiger partial charge on any atom is -0.370 e. The number of anilines is 1. The molecule has 0 fully saturated rings. The summed E-state index contributed by atoms with van der Waals surface area (Å²) < 4.78 is 13.5. The molecule has 2 nitrogen and oxygen atoms in total. The van der Waals surface area contributed by atoms with Crippen LogP contribution in [0.1, 0.15) is 26.7 Å². The van der Waals surface area contributed by atoms with Gasteiger partial charge in [0, 0.05) is 19.1 Å². The Morgan fingerprint density at radius 1 is 1.38 bits per heavy atom. The summed E-state index contributed by atoms with van der Waals surface area (Å²) in [5.74, 6) is -0.197. The van der Waals surface area contributed by atoms with Crippen molar-refractivity contribution in [3.05, 3.63) is 30.1 Å². The molecule has 0 spiro atoms. The fraction of sp³-hybridized carbons (Fsp3) is 0.538. The fourth-order valence-electron chi connectivity index (χ4n) is 2.04. The Morgan fingerprint density at radius 3 is 2.56 bits per heavy atom. The second kappa shape index (κ2) is 5.30. The maximum Gasteiger partial charge on any atom is 0.146 e. The van der Waals surface area contributed by atoms with Gasteiger partial charge in [-0.3, -0.25) is 0 Å². The van der Waals surface area contributed by atoms with E-state index in [-0.39, 0.29) is 11.4 Å². The summed E-state index contributed by atoms with van der Waals surface area (Å²) in [7, 11) is 1.87. The third-order valence-corrected chi connectivity index (χ3v) is 2.68. The minimum absolute atomic E-state index is 0.197. The van der Waals surface area contributed by atoms with Crippen LogP contribution in [0.15, 0.2) is 24.3 Å². The summed E-state index contributed by atoms with van der Waals surface area (Å²) in [5, 5.41) is 0. The lowest BCUT2D eigenvalue weighted by atomic mass is 9.97. The van der Waals surface area contributed by atoms with Crippen molar-refractivity contribution in [2.75, 3.05) is 18.5 Å². The van der Waals surface area contributed by atoms with Crippen LogP contribution in [-0.2, 0) is 0 Å². The SMILES string of the molecule is CCCC(C)(N)CN(C)c1ccccc1F. The molecule has 0 aliphatic heterocycles. The van der Waals surface area contributed by atoms with Crippen LogP contribution in [0.5, 0.6) is 0 Å². The normalized spacial score (nSPS) is 14.6. The molecule has 3 heteroatoms. The van der Waals surface area contributed by atoms with Crippen molar-refractivity contribution in [3.63, 3.8) is 0 Å². The first-order chi connectivity index (χ1) is 7.46. The van der Waals surface area contributed by atoms with E-state index in [0.717, 1.165) is 12.8 Å². The third-order valence-electron chi connectivity index (χ3n) is 2.68. The van der Waals surface area contributed by atoms with Crippen molar-refractivity contribution < 1.29 is 4.39 Å².